The molecule has 26 heavy (non-hydrogen) atoms. The Balaban J connectivity index is 1.58. The van der Waals surface area contributed by atoms with Crippen LogP contribution in [0.4, 0.5) is 0 Å². The maximum absolute atomic E-state index is 12.7. The summed E-state index contributed by atoms with van der Waals surface area (Å²) in [7, 11) is 0. The van der Waals surface area contributed by atoms with Crippen molar-refractivity contribution in [1.82, 2.24) is 4.90 Å². The summed E-state index contributed by atoms with van der Waals surface area (Å²) in [6.07, 6.45) is 1.37. The fourth-order valence-corrected chi connectivity index (χ4v) is 3.49. The van der Waals surface area contributed by atoms with Crippen LogP contribution in [0.3, 0.4) is 0 Å². The summed E-state index contributed by atoms with van der Waals surface area (Å²) in [5, 5.41) is 0. The van der Waals surface area contributed by atoms with E-state index in [4.69, 9.17) is 4.74 Å². The minimum atomic E-state index is -0.0331. The van der Waals surface area contributed by atoms with Crippen LogP contribution in [-0.2, 0) is 16.0 Å². The molecule has 2 atom stereocenters. The van der Waals surface area contributed by atoms with Gasteiger partial charge in [0.15, 0.2) is 0 Å². The van der Waals surface area contributed by atoms with Crippen LogP contribution in [0.25, 0.3) is 0 Å². The highest BCUT2D eigenvalue weighted by Crippen LogP contribution is 2.25. The SMILES string of the molecule is CC1CN(C(=O)CCc2ccc(C(C)C)cc2)CC(c2ccccc2)O1. The van der Waals surface area contributed by atoms with E-state index in [1.807, 2.05) is 30.0 Å². The first-order chi connectivity index (χ1) is 12.5. The lowest BCUT2D eigenvalue weighted by molar-refractivity contribution is -0.144. The Labute approximate surface area is 157 Å². The van der Waals surface area contributed by atoms with E-state index >= 15 is 0 Å². The Morgan fingerprint density at radius 2 is 1.77 bits per heavy atom. The molecule has 0 bridgehead atoms. The molecule has 1 amide bonds. The predicted octanol–water partition coefficient (Wildman–Crippen LogP) is 4.73. The number of rotatable bonds is 5. The number of benzene rings is 2. The lowest BCUT2D eigenvalue weighted by atomic mass is 10.00. The van der Waals surface area contributed by atoms with Crippen LogP contribution < -0.4 is 0 Å². The summed E-state index contributed by atoms with van der Waals surface area (Å²) in [5.41, 5.74) is 3.71. The monoisotopic (exact) mass is 351 g/mol. The molecule has 1 heterocycles. The predicted molar refractivity (Wildman–Crippen MR) is 105 cm³/mol. The van der Waals surface area contributed by atoms with E-state index in [0.717, 1.165) is 12.0 Å². The number of aryl methyl sites for hydroxylation is 1. The van der Waals surface area contributed by atoms with Crippen molar-refractivity contribution in [3.8, 4) is 0 Å². The van der Waals surface area contributed by atoms with Gasteiger partial charge >= 0.3 is 0 Å². The van der Waals surface area contributed by atoms with Gasteiger partial charge in [0.25, 0.3) is 0 Å². The minimum absolute atomic E-state index is 0.0331. The Kier molecular flexibility index (Phi) is 6.10. The maximum Gasteiger partial charge on any atom is 0.223 e. The molecule has 1 fully saturated rings. The van der Waals surface area contributed by atoms with Crippen molar-refractivity contribution in [2.45, 2.75) is 51.7 Å². The summed E-state index contributed by atoms with van der Waals surface area (Å²) in [6.45, 7) is 7.75. The smallest absolute Gasteiger partial charge is 0.223 e. The topological polar surface area (TPSA) is 29.5 Å². The van der Waals surface area contributed by atoms with Crippen LogP contribution in [0.2, 0.25) is 0 Å². The van der Waals surface area contributed by atoms with Crippen molar-refractivity contribution >= 4 is 5.91 Å². The lowest BCUT2D eigenvalue weighted by Crippen LogP contribution is -2.46. The molecule has 0 N–H and O–H groups in total. The van der Waals surface area contributed by atoms with E-state index in [9.17, 15) is 4.79 Å². The minimum Gasteiger partial charge on any atom is -0.367 e. The lowest BCUT2D eigenvalue weighted by Gasteiger charge is -2.37. The van der Waals surface area contributed by atoms with Gasteiger partial charge < -0.3 is 9.64 Å². The second kappa shape index (κ2) is 8.50. The summed E-state index contributed by atoms with van der Waals surface area (Å²) < 4.78 is 6.06. The van der Waals surface area contributed by atoms with E-state index in [1.165, 1.54) is 11.1 Å². The molecule has 2 aromatic rings. The number of nitrogens with zero attached hydrogens (tertiary/aromatic N) is 1. The van der Waals surface area contributed by atoms with Gasteiger partial charge in [-0.25, -0.2) is 0 Å². The molecule has 138 valence electrons. The van der Waals surface area contributed by atoms with Gasteiger partial charge in [0.1, 0.15) is 6.10 Å². The molecular weight excluding hydrogens is 322 g/mol. The fourth-order valence-electron chi connectivity index (χ4n) is 3.49. The molecular formula is C23H29NO2. The third-order valence-electron chi connectivity index (χ3n) is 5.06. The van der Waals surface area contributed by atoms with E-state index in [-0.39, 0.29) is 18.1 Å². The first kappa shape index (κ1) is 18.7. The highest BCUT2D eigenvalue weighted by molar-refractivity contribution is 5.76. The van der Waals surface area contributed by atoms with Gasteiger partial charge in [0.05, 0.1) is 12.6 Å². The molecule has 0 aliphatic carbocycles. The van der Waals surface area contributed by atoms with Crippen LogP contribution in [0.5, 0.6) is 0 Å². The van der Waals surface area contributed by atoms with E-state index < -0.39 is 0 Å². The third-order valence-corrected chi connectivity index (χ3v) is 5.06. The first-order valence-electron chi connectivity index (χ1n) is 9.60. The molecule has 2 unspecified atom stereocenters. The number of carbonyl (C=O) groups excluding carboxylic acids is 1. The van der Waals surface area contributed by atoms with Crippen LogP contribution in [0.15, 0.2) is 54.6 Å². The molecule has 0 spiro atoms. The van der Waals surface area contributed by atoms with E-state index in [0.29, 0.717) is 25.4 Å². The molecule has 3 nitrogen and oxygen atoms in total. The number of ether oxygens (including phenoxy) is 1. The molecule has 1 aliphatic rings. The number of amides is 1. The van der Waals surface area contributed by atoms with Crippen LogP contribution in [-0.4, -0.2) is 30.0 Å². The van der Waals surface area contributed by atoms with Gasteiger partial charge in [-0.1, -0.05) is 68.4 Å². The summed E-state index contributed by atoms with van der Waals surface area (Å²) in [5.74, 6) is 0.754. The Morgan fingerprint density at radius 1 is 1.08 bits per heavy atom. The quantitative estimate of drug-likeness (QED) is 0.779. The standard InChI is InChI=1S/C23H29NO2/c1-17(2)20-12-9-19(10-13-20)11-14-23(25)24-15-18(3)26-22(16-24)21-7-5-4-6-8-21/h4-10,12-13,17-18,22H,11,14-16H2,1-3H3. The number of hydrogen-bond acceptors (Lipinski definition) is 2. The van der Waals surface area contributed by atoms with Crippen molar-refractivity contribution in [2.75, 3.05) is 13.1 Å². The summed E-state index contributed by atoms with van der Waals surface area (Å²) in [4.78, 5) is 14.7. The number of morpholine rings is 1. The number of carbonyl (C=O) groups is 1. The van der Waals surface area contributed by atoms with Crippen molar-refractivity contribution in [2.24, 2.45) is 0 Å². The average molecular weight is 351 g/mol. The van der Waals surface area contributed by atoms with Gasteiger partial charge in [0.2, 0.25) is 5.91 Å². The van der Waals surface area contributed by atoms with Gasteiger partial charge in [-0.05, 0) is 36.0 Å². The molecule has 1 aliphatic heterocycles. The van der Waals surface area contributed by atoms with Crippen LogP contribution >= 0.6 is 0 Å². The highest BCUT2D eigenvalue weighted by atomic mass is 16.5. The zero-order valence-electron chi connectivity index (χ0n) is 16.0. The second-order valence-electron chi connectivity index (χ2n) is 7.54. The first-order valence-corrected chi connectivity index (χ1v) is 9.60. The molecule has 1 saturated heterocycles. The molecule has 0 aromatic heterocycles. The Morgan fingerprint density at radius 3 is 2.42 bits per heavy atom. The zero-order valence-corrected chi connectivity index (χ0v) is 16.0. The van der Waals surface area contributed by atoms with Crippen molar-refractivity contribution in [3.05, 3.63) is 71.3 Å². The van der Waals surface area contributed by atoms with E-state index in [1.54, 1.807) is 0 Å². The maximum atomic E-state index is 12.7. The third kappa shape index (κ3) is 4.73. The normalized spacial score (nSPS) is 20.4. The van der Waals surface area contributed by atoms with Gasteiger partial charge in [-0.15, -0.1) is 0 Å². The summed E-state index contributed by atoms with van der Waals surface area (Å²) in [6, 6.07) is 18.8. The van der Waals surface area contributed by atoms with Gasteiger partial charge in [-0.3, -0.25) is 4.79 Å². The van der Waals surface area contributed by atoms with Gasteiger partial charge in [0, 0.05) is 13.0 Å². The molecule has 0 saturated carbocycles. The van der Waals surface area contributed by atoms with Crippen molar-refractivity contribution in [1.29, 1.82) is 0 Å². The largest absolute Gasteiger partial charge is 0.367 e. The fraction of sp³-hybridized carbons (Fsp3) is 0.435. The van der Waals surface area contributed by atoms with E-state index in [2.05, 4.69) is 50.2 Å². The Hall–Kier alpha value is -2.13. The van der Waals surface area contributed by atoms with Crippen molar-refractivity contribution < 1.29 is 9.53 Å². The molecule has 0 radical (unpaired) electrons. The van der Waals surface area contributed by atoms with Crippen LogP contribution in [0, 0.1) is 0 Å². The zero-order chi connectivity index (χ0) is 18.5. The van der Waals surface area contributed by atoms with Gasteiger partial charge in [-0.2, -0.15) is 0 Å². The summed E-state index contributed by atoms with van der Waals surface area (Å²) >= 11 is 0. The second-order valence-corrected chi connectivity index (χ2v) is 7.54. The van der Waals surface area contributed by atoms with Crippen LogP contribution in [0.1, 0.15) is 55.9 Å². The molecule has 2 aromatic carbocycles. The molecule has 3 heteroatoms. The number of hydrogen-bond donors (Lipinski definition) is 0. The highest BCUT2D eigenvalue weighted by Gasteiger charge is 2.28. The Bertz CT molecular complexity index is 709. The van der Waals surface area contributed by atoms with Crippen molar-refractivity contribution in [3.63, 3.8) is 0 Å². The average Bonchev–Trinajstić information content (AvgIpc) is 2.66. The molecule has 3 rings (SSSR count).